The van der Waals surface area contributed by atoms with E-state index in [1.165, 1.54) is 36.4 Å². The monoisotopic (exact) mass is 511 g/mol. The summed E-state index contributed by atoms with van der Waals surface area (Å²) in [6.07, 6.45) is 1.25. The number of hydrogen-bond acceptors (Lipinski definition) is 4. The molecular formula is C24H28BrF2NO4. The Labute approximate surface area is 197 Å². The number of benzene rings is 2. The number of nitrogens with zero attached hydrogens (tertiary/aromatic N) is 1. The lowest BCUT2D eigenvalue weighted by Crippen LogP contribution is -3.00. The number of likely N-dealkylation sites (N-methyl/N-ethyl adjacent to an activating group) is 1. The Bertz CT molecular complexity index is 951. The van der Waals surface area contributed by atoms with Gasteiger partial charge in [0.2, 0.25) is 5.60 Å². The molecule has 3 fully saturated rings. The highest BCUT2D eigenvalue weighted by Gasteiger charge is 2.71. The van der Waals surface area contributed by atoms with Crippen molar-refractivity contribution < 1.29 is 49.6 Å². The number of epoxide rings is 1. The number of piperidine rings is 1. The van der Waals surface area contributed by atoms with Crippen LogP contribution in [0.25, 0.3) is 0 Å². The minimum atomic E-state index is -2.31. The van der Waals surface area contributed by atoms with Crippen LogP contribution in [0.15, 0.2) is 48.5 Å². The zero-order chi connectivity index (χ0) is 21.3. The molecule has 3 unspecified atom stereocenters. The molecule has 3 saturated heterocycles. The lowest BCUT2D eigenvalue weighted by atomic mass is 9.86. The van der Waals surface area contributed by atoms with E-state index >= 15 is 0 Å². The fraction of sp³-hybridized carbons (Fsp3) is 0.458. The second-order valence-electron chi connectivity index (χ2n) is 9.06. The normalized spacial score (nSPS) is 29.2. The van der Waals surface area contributed by atoms with E-state index in [0.717, 1.165) is 16.6 Å². The highest BCUT2D eigenvalue weighted by Crippen LogP contribution is 2.52. The molecule has 5 rings (SSSR count). The van der Waals surface area contributed by atoms with E-state index in [1.54, 1.807) is 0 Å². The molecule has 0 radical (unpaired) electrons. The number of carbonyl (C=O) groups is 1. The van der Waals surface area contributed by atoms with Gasteiger partial charge in [0, 0.05) is 24.0 Å². The average molecular weight is 512 g/mol. The number of quaternary nitrogens is 1. The van der Waals surface area contributed by atoms with Gasteiger partial charge < -0.3 is 36.0 Å². The molecule has 3 heterocycles. The van der Waals surface area contributed by atoms with Crippen LogP contribution in [0.1, 0.15) is 31.4 Å². The van der Waals surface area contributed by atoms with Gasteiger partial charge in [-0.1, -0.05) is 31.7 Å². The van der Waals surface area contributed by atoms with Crippen molar-refractivity contribution in [2.75, 3.05) is 14.1 Å². The molecule has 32 heavy (non-hydrogen) atoms. The summed E-state index contributed by atoms with van der Waals surface area (Å²) in [4.78, 5) is 13.3. The van der Waals surface area contributed by atoms with Crippen LogP contribution in [-0.4, -0.2) is 60.0 Å². The van der Waals surface area contributed by atoms with Crippen LogP contribution >= 0.6 is 0 Å². The summed E-state index contributed by atoms with van der Waals surface area (Å²) in [5.41, 5.74) is -2.32. The smallest absolute Gasteiger partial charge is 0.347 e. The van der Waals surface area contributed by atoms with Crippen molar-refractivity contribution in [3.8, 4) is 0 Å². The van der Waals surface area contributed by atoms with Gasteiger partial charge in [-0.3, -0.25) is 0 Å². The number of ether oxygens (including phenoxy) is 2. The number of hydrogen-bond donors (Lipinski definition) is 1. The van der Waals surface area contributed by atoms with Crippen LogP contribution in [0.5, 0.6) is 0 Å². The van der Waals surface area contributed by atoms with E-state index in [4.69, 9.17) is 9.47 Å². The predicted octanol–water partition coefficient (Wildman–Crippen LogP) is 0.141. The van der Waals surface area contributed by atoms with E-state index in [0.29, 0.717) is 12.8 Å². The van der Waals surface area contributed by atoms with Crippen molar-refractivity contribution in [3.05, 3.63) is 71.3 Å². The molecule has 2 aromatic rings. The molecule has 0 saturated carbocycles. The molecule has 174 valence electrons. The first-order valence-electron chi connectivity index (χ1n) is 10.2. The van der Waals surface area contributed by atoms with Crippen LogP contribution in [0, 0.1) is 11.6 Å². The van der Waals surface area contributed by atoms with Gasteiger partial charge >= 0.3 is 5.97 Å². The third-order valence-corrected chi connectivity index (χ3v) is 7.09. The molecule has 3 aliphatic heterocycles. The minimum absolute atomic E-state index is 0. The maximum Gasteiger partial charge on any atom is 0.347 e. The van der Waals surface area contributed by atoms with Crippen LogP contribution < -0.4 is 17.0 Å². The highest BCUT2D eigenvalue weighted by atomic mass is 79.9. The van der Waals surface area contributed by atoms with Crippen LogP contribution in [0.3, 0.4) is 0 Å². The Kier molecular flexibility index (Phi) is 6.56. The number of aliphatic hydroxyl groups is 1. The van der Waals surface area contributed by atoms with Gasteiger partial charge in [0.05, 0.1) is 14.1 Å². The number of rotatable bonds is 4. The van der Waals surface area contributed by atoms with Crippen molar-refractivity contribution >= 4 is 5.97 Å². The SMILES string of the molecule is C.C[N+]1(C)C2CC(OC(=O)C(O)(c3cccc(F)c3)c3cccc(F)c3)C[C@H]1[C@H]1OC21.[Br-]. The van der Waals surface area contributed by atoms with Crippen molar-refractivity contribution in [1.82, 2.24) is 0 Å². The van der Waals surface area contributed by atoms with Gasteiger partial charge in [0.1, 0.15) is 42.0 Å². The van der Waals surface area contributed by atoms with Crippen molar-refractivity contribution in [1.29, 1.82) is 0 Å². The van der Waals surface area contributed by atoms with Crippen LogP contribution in [0.4, 0.5) is 8.78 Å². The zero-order valence-electron chi connectivity index (χ0n) is 17.2. The lowest BCUT2D eigenvalue weighted by Gasteiger charge is -2.45. The largest absolute Gasteiger partial charge is 1.00 e. The summed E-state index contributed by atoms with van der Waals surface area (Å²) in [5.74, 6) is -2.14. The summed E-state index contributed by atoms with van der Waals surface area (Å²) < 4.78 is 40.2. The van der Waals surface area contributed by atoms with E-state index < -0.39 is 23.2 Å². The summed E-state index contributed by atoms with van der Waals surface area (Å²) in [6, 6.07) is 10.7. The lowest BCUT2D eigenvalue weighted by molar-refractivity contribution is -0.938. The van der Waals surface area contributed by atoms with Gasteiger partial charge in [-0.15, -0.1) is 0 Å². The maximum atomic E-state index is 13.9. The second-order valence-corrected chi connectivity index (χ2v) is 9.06. The summed E-state index contributed by atoms with van der Waals surface area (Å²) in [5, 5.41) is 11.5. The first-order chi connectivity index (χ1) is 14.2. The predicted molar refractivity (Wildman–Crippen MR) is 110 cm³/mol. The fourth-order valence-corrected chi connectivity index (χ4v) is 5.37. The molecular weight excluding hydrogens is 484 g/mol. The molecule has 0 spiro atoms. The Morgan fingerprint density at radius 2 is 1.50 bits per heavy atom. The first kappa shape index (κ1) is 24.8. The summed E-state index contributed by atoms with van der Waals surface area (Å²) in [6.45, 7) is 0. The molecule has 8 heteroatoms. The Morgan fingerprint density at radius 3 is 1.94 bits per heavy atom. The molecule has 5 atom stereocenters. The summed E-state index contributed by atoms with van der Waals surface area (Å²) >= 11 is 0. The Balaban J connectivity index is 0.00000144. The number of halogens is 3. The molecule has 0 amide bonds. The number of fused-ring (bicyclic) bond motifs is 5. The average Bonchev–Trinajstić information content (AvgIpc) is 3.45. The van der Waals surface area contributed by atoms with Crippen LogP contribution in [-0.2, 0) is 19.9 Å². The van der Waals surface area contributed by atoms with Gasteiger partial charge in [-0.2, -0.15) is 0 Å². The minimum Gasteiger partial charge on any atom is -1.00 e. The van der Waals surface area contributed by atoms with E-state index in [2.05, 4.69) is 14.1 Å². The van der Waals surface area contributed by atoms with Gasteiger partial charge in [-0.05, 0) is 24.3 Å². The van der Waals surface area contributed by atoms with E-state index in [9.17, 15) is 18.7 Å². The standard InChI is InChI=1S/C23H24F2NO4.CH4.BrH/c1-26(2)18-11-17(12-19(26)21-20(18)30-21)29-22(27)23(28,13-5-3-7-15(24)9-13)14-6-4-8-16(25)10-14;;/h3-10,17-21,28H,11-12H2,1-2H3;1H4;1H/q+1;;/p-1/t17?,18-,19?,20+,21?;;/m0../s1. The second kappa shape index (κ2) is 8.48. The van der Waals surface area contributed by atoms with Crippen molar-refractivity contribution in [2.45, 2.75) is 56.3 Å². The number of esters is 1. The highest BCUT2D eigenvalue weighted by molar-refractivity contribution is 5.85. The third kappa shape index (κ3) is 3.77. The van der Waals surface area contributed by atoms with Crippen molar-refractivity contribution in [2.24, 2.45) is 0 Å². The van der Waals surface area contributed by atoms with E-state index in [1.807, 2.05) is 0 Å². The van der Waals surface area contributed by atoms with Gasteiger partial charge in [0.15, 0.2) is 0 Å². The molecule has 5 nitrogen and oxygen atoms in total. The molecule has 2 aromatic carbocycles. The maximum absolute atomic E-state index is 13.9. The van der Waals surface area contributed by atoms with Crippen molar-refractivity contribution in [3.63, 3.8) is 0 Å². The fourth-order valence-electron chi connectivity index (χ4n) is 5.37. The van der Waals surface area contributed by atoms with Gasteiger partial charge in [0.25, 0.3) is 0 Å². The molecule has 2 bridgehead atoms. The molecule has 0 aromatic heterocycles. The first-order valence-corrected chi connectivity index (χ1v) is 10.2. The topological polar surface area (TPSA) is 59.1 Å². The Hall–Kier alpha value is -1.87. The zero-order valence-corrected chi connectivity index (χ0v) is 18.8. The summed E-state index contributed by atoms with van der Waals surface area (Å²) in [7, 11) is 4.33. The quantitative estimate of drug-likeness (QED) is 0.360. The van der Waals surface area contributed by atoms with E-state index in [-0.39, 0.29) is 65.9 Å². The van der Waals surface area contributed by atoms with Gasteiger partial charge in [-0.25, -0.2) is 13.6 Å². The third-order valence-electron chi connectivity index (χ3n) is 7.09. The number of morpholine rings is 1. The number of carbonyl (C=O) groups excluding carboxylic acids is 1. The van der Waals surface area contributed by atoms with Crippen LogP contribution in [0.2, 0.25) is 0 Å². The molecule has 0 aliphatic carbocycles. The Morgan fingerprint density at radius 1 is 1.03 bits per heavy atom. The molecule has 1 N–H and O–H groups in total. The molecule has 3 aliphatic rings.